The van der Waals surface area contributed by atoms with E-state index in [4.69, 9.17) is 11.6 Å². The molecule has 0 spiro atoms. The van der Waals surface area contributed by atoms with Gasteiger partial charge < -0.3 is 15.6 Å². The second-order valence-corrected chi connectivity index (χ2v) is 8.32. The Bertz CT molecular complexity index is 1060. The predicted molar refractivity (Wildman–Crippen MR) is 104 cm³/mol. The fourth-order valence-electron chi connectivity index (χ4n) is 2.79. The van der Waals surface area contributed by atoms with E-state index < -0.39 is 15.9 Å². The number of hydrogen-bond donors (Lipinski definition) is 3. The number of rotatable bonds is 5. The van der Waals surface area contributed by atoms with Crippen LogP contribution in [-0.4, -0.2) is 31.7 Å². The van der Waals surface area contributed by atoms with Crippen LogP contribution in [0.25, 0.3) is 10.9 Å². The average molecular weight is 392 g/mol. The van der Waals surface area contributed by atoms with Gasteiger partial charge in [-0.2, -0.15) is 0 Å². The summed E-state index contributed by atoms with van der Waals surface area (Å²) in [5.41, 5.74) is 1.90. The number of sulfone groups is 1. The molecule has 0 radical (unpaired) electrons. The molecule has 8 heteroatoms. The molecule has 0 saturated carbocycles. The monoisotopic (exact) mass is 391 g/mol. The van der Waals surface area contributed by atoms with Crippen molar-refractivity contribution in [3.8, 4) is 0 Å². The molecule has 0 aliphatic heterocycles. The van der Waals surface area contributed by atoms with Crippen LogP contribution in [0.2, 0.25) is 5.02 Å². The van der Waals surface area contributed by atoms with E-state index in [1.54, 1.807) is 43.3 Å². The number of carbonyl (C=O) groups is 1. The summed E-state index contributed by atoms with van der Waals surface area (Å²) < 4.78 is 25.4. The number of carbonyl (C=O) groups excluding carboxylic acids is 1. The van der Waals surface area contributed by atoms with Crippen molar-refractivity contribution in [2.45, 2.75) is 11.8 Å². The van der Waals surface area contributed by atoms with Crippen molar-refractivity contribution >= 4 is 44.1 Å². The van der Waals surface area contributed by atoms with E-state index in [1.807, 2.05) is 12.1 Å². The van der Waals surface area contributed by atoms with Crippen LogP contribution in [0.15, 0.2) is 53.4 Å². The van der Waals surface area contributed by atoms with Gasteiger partial charge in [-0.25, -0.2) is 13.2 Å². The smallest absolute Gasteiger partial charge is 0.319 e. The SMILES string of the molecule is Cc1[nH]c2ccccc2c1S(=O)(=O)CCNC(=O)Nc1cccc(Cl)c1. The molecule has 0 aliphatic rings. The maximum Gasteiger partial charge on any atom is 0.319 e. The molecule has 0 unspecified atom stereocenters. The molecule has 2 amide bonds. The van der Waals surface area contributed by atoms with Gasteiger partial charge in [0.2, 0.25) is 0 Å². The zero-order valence-corrected chi connectivity index (χ0v) is 15.6. The first-order valence-corrected chi connectivity index (χ1v) is 10.0. The number of fused-ring (bicyclic) bond motifs is 1. The number of benzene rings is 2. The number of aryl methyl sites for hydroxylation is 1. The predicted octanol–water partition coefficient (Wildman–Crippen LogP) is 3.73. The number of halogens is 1. The quantitative estimate of drug-likeness (QED) is 0.619. The lowest BCUT2D eigenvalue weighted by Gasteiger charge is -2.09. The number of aromatic nitrogens is 1. The molecule has 0 atom stereocenters. The Hall–Kier alpha value is -2.51. The minimum atomic E-state index is -3.54. The van der Waals surface area contributed by atoms with Gasteiger partial charge in [0.1, 0.15) is 0 Å². The fraction of sp³-hybridized carbons (Fsp3) is 0.167. The number of anilines is 1. The molecule has 0 aliphatic carbocycles. The van der Waals surface area contributed by atoms with Crippen molar-refractivity contribution in [1.29, 1.82) is 0 Å². The van der Waals surface area contributed by atoms with Gasteiger partial charge in [-0.3, -0.25) is 0 Å². The van der Waals surface area contributed by atoms with Crippen LogP contribution in [0.5, 0.6) is 0 Å². The Morgan fingerprint density at radius 1 is 1.15 bits per heavy atom. The van der Waals surface area contributed by atoms with Gasteiger partial charge >= 0.3 is 6.03 Å². The van der Waals surface area contributed by atoms with Crippen molar-refractivity contribution in [2.24, 2.45) is 0 Å². The van der Waals surface area contributed by atoms with E-state index in [-0.39, 0.29) is 17.2 Å². The third-order valence-corrected chi connectivity index (χ3v) is 6.01. The molecule has 1 aromatic heterocycles. The first-order valence-electron chi connectivity index (χ1n) is 7.97. The Balaban J connectivity index is 1.65. The number of amides is 2. The molecular weight excluding hydrogens is 374 g/mol. The maximum atomic E-state index is 12.7. The lowest BCUT2D eigenvalue weighted by atomic mass is 10.2. The topological polar surface area (TPSA) is 91.1 Å². The van der Waals surface area contributed by atoms with E-state index >= 15 is 0 Å². The van der Waals surface area contributed by atoms with Crippen molar-refractivity contribution < 1.29 is 13.2 Å². The fourth-order valence-corrected chi connectivity index (χ4v) is 4.59. The van der Waals surface area contributed by atoms with Crippen molar-refractivity contribution in [3.05, 3.63) is 59.2 Å². The highest BCUT2D eigenvalue weighted by molar-refractivity contribution is 7.91. The zero-order valence-electron chi connectivity index (χ0n) is 14.0. The molecule has 0 fully saturated rings. The molecular formula is C18H18ClN3O3S. The van der Waals surface area contributed by atoms with Gasteiger partial charge in [0.25, 0.3) is 0 Å². The molecule has 26 heavy (non-hydrogen) atoms. The largest absolute Gasteiger partial charge is 0.358 e. The number of H-pyrrole nitrogens is 1. The van der Waals surface area contributed by atoms with Gasteiger partial charge in [-0.05, 0) is 31.2 Å². The van der Waals surface area contributed by atoms with E-state index in [1.165, 1.54) is 0 Å². The maximum absolute atomic E-state index is 12.7. The molecule has 6 nitrogen and oxygen atoms in total. The van der Waals surface area contributed by atoms with Gasteiger partial charge in [0.05, 0.1) is 10.6 Å². The first kappa shape index (κ1) is 18.3. The van der Waals surface area contributed by atoms with Crippen LogP contribution < -0.4 is 10.6 Å². The number of urea groups is 1. The summed E-state index contributed by atoms with van der Waals surface area (Å²) in [6.07, 6.45) is 0. The Morgan fingerprint density at radius 3 is 2.69 bits per heavy atom. The molecule has 3 aromatic rings. The number of para-hydroxylation sites is 1. The number of hydrogen-bond acceptors (Lipinski definition) is 3. The Labute approximate surface area is 156 Å². The zero-order chi connectivity index (χ0) is 18.7. The van der Waals surface area contributed by atoms with Gasteiger partial charge in [0, 0.05) is 33.9 Å². The van der Waals surface area contributed by atoms with Crippen LogP contribution in [0.4, 0.5) is 10.5 Å². The number of nitrogens with one attached hydrogen (secondary N) is 3. The van der Waals surface area contributed by atoms with E-state index in [9.17, 15) is 13.2 Å². The Kier molecular flexibility index (Phi) is 5.20. The molecule has 1 heterocycles. The van der Waals surface area contributed by atoms with Crippen LogP contribution in [0.1, 0.15) is 5.69 Å². The Morgan fingerprint density at radius 2 is 1.92 bits per heavy atom. The van der Waals surface area contributed by atoms with Gasteiger partial charge in [-0.1, -0.05) is 35.9 Å². The lowest BCUT2D eigenvalue weighted by Crippen LogP contribution is -2.32. The van der Waals surface area contributed by atoms with Gasteiger partial charge in [0.15, 0.2) is 9.84 Å². The molecule has 136 valence electrons. The van der Waals surface area contributed by atoms with Crippen LogP contribution in [0, 0.1) is 6.92 Å². The molecule has 3 rings (SSSR count). The number of aromatic amines is 1. The normalized spacial score (nSPS) is 11.5. The van der Waals surface area contributed by atoms with Crippen molar-refractivity contribution in [3.63, 3.8) is 0 Å². The van der Waals surface area contributed by atoms with Crippen molar-refractivity contribution in [1.82, 2.24) is 10.3 Å². The minimum absolute atomic E-state index is 0.00627. The first-order chi connectivity index (χ1) is 12.4. The molecule has 0 bridgehead atoms. The summed E-state index contributed by atoms with van der Waals surface area (Å²) in [4.78, 5) is 15.3. The van der Waals surface area contributed by atoms with Crippen LogP contribution in [0.3, 0.4) is 0 Å². The average Bonchev–Trinajstić information content (AvgIpc) is 2.91. The van der Waals surface area contributed by atoms with E-state index in [0.29, 0.717) is 21.8 Å². The van der Waals surface area contributed by atoms with E-state index in [0.717, 1.165) is 5.52 Å². The van der Waals surface area contributed by atoms with Crippen LogP contribution >= 0.6 is 11.6 Å². The highest BCUT2D eigenvalue weighted by Crippen LogP contribution is 2.27. The highest BCUT2D eigenvalue weighted by atomic mass is 35.5. The summed E-state index contributed by atoms with van der Waals surface area (Å²) >= 11 is 5.86. The van der Waals surface area contributed by atoms with Crippen molar-refractivity contribution in [2.75, 3.05) is 17.6 Å². The minimum Gasteiger partial charge on any atom is -0.358 e. The van der Waals surface area contributed by atoms with E-state index in [2.05, 4.69) is 15.6 Å². The molecule has 3 N–H and O–H groups in total. The standard InChI is InChI=1S/C18H18ClN3O3S/c1-12-17(15-7-2-3-8-16(15)21-12)26(24,25)10-9-20-18(23)22-14-6-4-5-13(19)11-14/h2-8,11,21H,9-10H2,1H3,(H2,20,22,23). The summed E-state index contributed by atoms with van der Waals surface area (Å²) in [5.74, 6) is -0.196. The van der Waals surface area contributed by atoms with Gasteiger partial charge in [-0.15, -0.1) is 0 Å². The highest BCUT2D eigenvalue weighted by Gasteiger charge is 2.22. The lowest BCUT2D eigenvalue weighted by molar-refractivity contribution is 0.252. The summed E-state index contributed by atoms with van der Waals surface area (Å²) in [7, 11) is -3.54. The molecule has 2 aromatic carbocycles. The second-order valence-electron chi connectivity index (χ2n) is 5.83. The summed E-state index contributed by atoms with van der Waals surface area (Å²) in [6, 6.07) is 13.5. The third-order valence-electron chi connectivity index (χ3n) is 3.88. The summed E-state index contributed by atoms with van der Waals surface area (Å²) in [5, 5.41) is 6.32. The van der Waals surface area contributed by atoms with Crippen LogP contribution in [-0.2, 0) is 9.84 Å². The summed E-state index contributed by atoms with van der Waals surface area (Å²) in [6.45, 7) is 1.72. The second kappa shape index (κ2) is 7.39. The third kappa shape index (κ3) is 4.00. The molecule has 0 saturated heterocycles.